The monoisotopic (exact) mass is 520 g/mol. The van der Waals surface area contributed by atoms with Crippen LogP contribution in [0.1, 0.15) is 64.2 Å². The van der Waals surface area contributed by atoms with E-state index >= 15 is 0 Å². The van der Waals surface area contributed by atoms with E-state index in [1.807, 2.05) is 0 Å². The van der Waals surface area contributed by atoms with Crippen molar-refractivity contribution >= 4 is 23.8 Å². The molecule has 1 aliphatic carbocycles. The normalized spacial score (nSPS) is 38.8. The zero-order valence-corrected chi connectivity index (χ0v) is 19.8. The first kappa shape index (κ1) is 22.8. The van der Waals surface area contributed by atoms with Gasteiger partial charge in [-0.25, -0.2) is 9.59 Å². The molecule has 10 atom stereocenters. The van der Waals surface area contributed by atoms with Gasteiger partial charge in [-0.3, -0.25) is 14.9 Å². The number of aliphatic carboxylic acids is 2. The number of nitrogens with zero attached hydrogens (tertiary/aromatic N) is 1. The lowest BCUT2D eigenvalue weighted by atomic mass is 9.84. The van der Waals surface area contributed by atoms with Gasteiger partial charge in [-0.2, -0.15) is 0 Å². The number of ether oxygens (including phenoxy) is 2. The van der Waals surface area contributed by atoms with E-state index in [4.69, 9.17) is 15.0 Å². The Kier molecular flexibility index (Phi) is 7.50. The predicted molar refractivity (Wildman–Crippen MR) is 120 cm³/mol. The van der Waals surface area contributed by atoms with E-state index in [9.17, 15) is 44.7 Å². The average Bonchev–Trinajstić information content (AvgIpc) is 3.26. The summed E-state index contributed by atoms with van der Waals surface area (Å²) in [4.78, 5) is 51.4. The molecule has 13 nitrogen and oxygen atoms in total. The second-order valence-corrected chi connectivity index (χ2v) is 9.45. The fourth-order valence-electron chi connectivity index (χ4n) is 5.22. The molecule has 1 saturated carbocycles. The van der Waals surface area contributed by atoms with Crippen molar-refractivity contribution in [2.75, 3.05) is 0 Å². The van der Waals surface area contributed by atoms with Crippen molar-refractivity contribution in [3.05, 3.63) is 0 Å². The molecular formula is C23H36N2O11. The number of esters is 1. The number of aliphatic hydroxyl groups is 3. The number of fused-ring (bicyclic) bond motifs is 1. The number of carbonyl (C=O) groups is 4. The molecule has 3 rings (SSSR count). The van der Waals surface area contributed by atoms with Crippen molar-refractivity contribution in [2.45, 2.75) is 114 Å². The fourth-order valence-corrected chi connectivity index (χ4v) is 5.22. The van der Waals surface area contributed by atoms with Gasteiger partial charge < -0.3 is 39.9 Å². The molecule has 2 saturated heterocycles. The molecule has 5 unspecified atom stereocenters. The van der Waals surface area contributed by atoms with E-state index in [1.54, 1.807) is 6.92 Å². The van der Waals surface area contributed by atoms with Gasteiger partial charge >= 0.3 is 17.9 Å². The molecule has 13 heteroatoms. The van der Waals surface area contributed by atoms with E-state index in [1.165, 1.54) is 0 Å². The van der Waals surface area contributed by atoms with Gasteiger partial charge in [0.2, 0.25) is 12.2 Å². The summed E-state index contributed by atoms with van der Waals surface area (Å²) < 4.78 is 42.8. The van der Waals surface area contributed by atoms with Crippen LogP contribution in [-0.4, -0.2) is 109 Å². The summed E-state index contributed by atoms with van der Waals surface area (Å²) in [7, 11) is 0. The van der Waals surface area contributed by atoms with Crippen LogP contribution in [0.25, 0.3) is 0 Å². The topological polar surface area (TPSA) is 203 Å². The first-order valence-electron chi connectivity index (χ1n) is 14.0. The van der Waals surface area contributed by atoms with Crippen LogP contribution in [0, 0.1) is 5.92 Å². The largest absolute Gasteiger partial charge is 0.480 e. The molecule has 1 amide bonds. The SMILES string of the molecule is [2H]C([2H])([2H])[C@@]([2H])(N[C@H](CCC)C(=O)O)C(=O)N1[C@@H](C(=O)OC2OC(C(=O)O)C(O)C(O)C2O)C[C@H]2CCCC[C@H]21. The number of hydrogen-bond acceptors (Lipinski definition) is 10. The minimum atomic E-state index is -3.36. The Morgan fingerprint density at radius 3 is 2.44 bits per heavy atom. The third-order valence-electron chi connectivity index (χ3n) is 7.05. The molecule has 6 N–H and O–H groups in total. The molecule has 0 radical (unpaired) electrons. The zero-order valence-electron chi connectivity index (χ0n) is 23.8. The summed E-state index contributed by atoms with van der Waals surface area (Å²) >= 11 is 0. The number of carboxylic acid groups (broad SMARTS) is 2. The van der Waals surface area contributed by atoms with Crippen LogP contribution in [0.3, 0.4) is 0 Å². The lowest BCUT2D eigenvalue weighted by Gasteiger charge is -2.39. The van der Waals surface area contributed by atoms with E-state index in [0.29, 0.717) is 25.7 Å². The first-order chi connectivity index (χ1) is 18.5. The molecule has 0 aromatic heterocycles. The van der Waals surface area contributed by atoms with E-state index in [2.05, 4.69) is 5.32 Å². The zero-order chi connectivity index (χ0) is 30.2. The summed E-state index contributed by atoms with van der Waals surface area (Å²) in [6.45, 7) is -1.71. The van der Waals surface area contributed by atoms with E-state index < -0.39 is 85.5 Å². The van der Waals surface area contributed by atoms with Gasteiger partial charge in [0.25, 0.3) is 0 Å². The maximum Gasteiger partial charge on any atom is 0.335 e. The van der Waals surface area contributed by atoms with Gasteiger partial charge in [-0.05, 0) is 38.5 Å². The number of aliphatic hydroxyl groups excluding tert-OH is 3. The third kappa shape index (κ3) is 5.80. The number of rotatable bonds is 9. The van der Waals surface area contributed by atoms with Crippen molar-refractivity contribution in [1.29, 1.82) is 0 Å². The van der Waals surface area contributed by atoms with Gasteiger partial charge in [0.15, 0.2) is 6.10 Å². The van der Waals surface area contributed by atoms with Gasteiger partial charge in [-0.15, -0.1) is 0 Å². The lowest BCUT2D eigenvalue weighted by Crippen LogP contribution is -2.61. The fraction of sp³-hybridized carbons (Fsp3) is 0.826. The van der Waals surface area contributed by atoms with Gasteiger partial charge in [0, 0.05) is 10.2 Å². The number of amides is 1. The van der Waals surface area contributed by atoms with Crippen LogP contribution >= 0.6 is 0 Å². The second-order valence-electron chi connectivity index (χ2n) is 9.45. The number of hydrogen-bond donors (Lipinski definition) is 6. The smallest absolute Gasteiger partial charge is 0.335 e. The average molecular weight is 521 g/mol. The van der Waals surface area contributed by atoms with Gasteiger partial charge in [0.05, 0.1) is 7.39 Å². The Balaban J connectivity index is 1.94. The predicted octanol–water partition coefficient (Wildman–Crippen LogP) is -1.19. The molecule has 0 spiro atoms. The molecule has 0 bridgehead atoms. The van der Waals surface area contributed by atoms with Crippen LogP contribution < -0.4 is 5.32 Å². The highest BCUT2D eigenvalue weighted by molar-refractivity contribution is 5.89. The number of nitrogens with one attached hydrogen (secondary N) is 1. The molecular weight excluding hydrogens is 480 g/mol. The highest BCUT2D eigenvalue weighted by Crippen LogP contribution is 2.41. The van der Waals surface area contributed by atoms with Crippen LogP contribution in [0.15, 0.2) is 0 Å². The summed E-state index contributed by atoms with van der Waals surface area (Å²) in [5.41, 5.74) is 0. The minimum absolute atomic E-state index is 0.00000787. The quantitative estimate of drug-likeness (QED) is 0.199. The molecule has 36 heavy (non-hydrogen) atoms. The Bertz CT molecular complexity index is 985. The van der Waals surface area contributed by atoms with Crippen LogP contribution in [-0.2, 0) is 28.7 Å². The second kappa shape index (κ2) is 11.8. The maximum absolute atomic E-state index is 13.9. The number of carboxylic acids is 2. The van der Waals surface area contributed by atoms with Crippen molar-refractivity contribution in [1.82, 2.24) is 10.2 Å². The van der Waals surface area contributed by atoms with Crippen molar-refractivity contribution in [2.24, 2.45) is 5.92 Å². The summed E-state index contributed by atoms with van der Waals surface area (Å²) in [5.74, 6) is -6.00. The third-order valence-corrected chi connectivity index (χ3v) is 7.05. The van der Waals surface area contributed by atoms with Crippen molar-refractivity contribution < 1.29 is 59.7 Å². The van der Waals surface area contributed by atoms with E-state index in [0.717, 1.165) is 11.3 Å². The van der Waals surface area contributed by atoms with Crippen LogP contribution in [0.2, 0.25) is 0 Å². The molecule has 2 heterocycles. The van der Waals surface area contributed by atoms with Crippen molar-refractivity contribution in [3.63, 3.8) is 0 Å². The molecule has 204 valence electrons. The molecule has 0 aromatic rings. The molecule has 2 aliphatic heterocycles. The maximum atomic E-state index is 13.9. The van der Waals surface area contributed by atoms with Crippen LogP contribution in [0.4, 0.5) is 0 Å². The Morgan fingerprint density at radius 1 is 1.14 bits per heavy atom. The summed E-state index contributed by atoms with van der Waals surface area (Å²) in [6.07, 6.45) is -7.64. The lowest BCUT2D eigenvalue weighted by molar-refractivity contribution is -0.287. The number of likely N-dealkylation sites (tertiary alicyclic amines) is 1. The van der Waals surface area contributed by atoms with Crippen molar-refractivity contribution in [3.8, 4) is 0 Å². The highest BCUT2D eigenvalue weighted by atomic mass is 16.7. The molecule has 3 fully saturated rings. The standard InChI is InChI=1S/C23H36N2O11/c1-3-6-12(20(30)31)24-10(2)19(29)25-13-8-5-4-7-11(13)9-14(25)22(34)36-23-17(28)15(26)16(27)18(35-23)21(32)33/h10-18,23-24,26-28H,3-9H2,1-2H3,(H,30,31)(H,32,33)/t10-,11-,12-,13-,14-,15?,16?,17?,18?,23?/m1/s1/i2D3,10D. The Labute approximate surface area is 214 Å². The Hall–Kier alpha value is -2.32. The Morgan fingerprint density at radius 2 is 1.83 bits per heavy atom. The highest BCUT2D eigenvalue weighted by Gasteiger charge is 2.52. The summed E-state index contributed by atoms with van der Waals surface area (Å²) in [6, 6.07) is -6.84. The van der Waals surface area contributed by atoms with Gasteiger partial charge in [0.1, 0.15) is 30.4 Å². The molecule has 0 aromatic carbocycles. The molecule has 3 aliphatic rings. The first-order valence-corrected chi connectivity index (χ1v) is 12.0. The van der Waals surface area contributed by atoms with Gasteiger partial charge in [-0.1, -0.05) is 26.2 Å². The summed E-state index contributed by atoms with van der Waals surface area (Å²) in [5, 5.41) is 51.2. The van der Waals surface area contributed by atoms with Crippen LogP contribution in [0.5, 0.6) is 0 Å². The minimum Gasteiger partial charge on any atom is -0.480 e. The van der Waals surface area contributed by atoms with E-state index in [-0.39, 0.29) is 18.8 Å². The number of carbonyl (C=O) groups excluding carboxylic acids is 2.